The summed E-state index contributed by atoms with van der Waals surface area (Å²) < 4.78 is 183. The van der Waals surface area contributed by atoms with Gasteiger partial charge in [-0.25, -0.2) is 0 Å². The van der Waals surface area contributed by atoms with Crippen LogP contribution in [-0.4, -0.2) is 36.0 Å². The van der Waals surface area contributed by atoms with Crippen LogP contribution in [0.4, 0.5) is 61.5 Å². The molecule has 0 saturated carbocycles. The smallest absolute Gasteiger partial charge is 0.194 e. The van der Waals surface area contributed by atoms with Gasteiger partial charge < -0.3 is 0 Å². The molecule has 0 aromatic heterocycles. The van der Waals surface area contributed by atoms with Gasteiger partial charge in [0.15, 0.2) is 0 Å². The van der Waals surface area contributed by atoms with Crippen LogP contribution in [0.15, 0.2) is 23.3 Å². The molecule has 0 radical (unpaired) electrons. The molecule has 0 aromatic rings. The Morgan fingerprint density at radius 1 is 0.483 bits per heavy atom. The summed E-state index contributed by atoms with van der Waals surface area (Å²) in [6.07, 6.45) is -17.3. The third kappa shape index (κ3) is 4.76. The van der Waals surface area contributed by atoms with Crippen molar-refractivity contribution >= 4 is 0 Å². The van der Waals surface area contributed by atoms with E-state index in [1.165, 1.54) is 0 Å². The second-order valence-corrected chi connectivity index (χ2v) is 5.80. The standard InChI is InChI=1S/C14H10F14.Pt/c15-9(16,11(19,20)13(23,24)25)7-5-3-1-2-4-6-8(7)10(17,18)12(21,22)14(26,27)28;/h1-2H,3-6H2;/b2-1-,8-7-;. The first-order chi connectivity index (χ1) is 12.2. The second kappa shape index (κ2) is 8.37. The van der Waals surface area contributed by atoms with E-state index >= 15 is 0 Å². The molecule has 15 heteroatoms. The summed E-state index contributed by atoms with van der Waals surface area (Å²) in [5, 5.41) is 0. The summed E-state index contributed by atoms with van der Waals surface area (Å²) in [5.41, 5.74) is -5.60. The van der Waals surface area contributed by atoms with Gasteiger partial charge in [-0.05, 0) is 25.7 Å². The predicted molar refractivity (Wildman–Crippen MR) is 66.5 cm³/mol. The van der Waals surface area contributed by atoms with Crippen LogP contribution in [0.3, 0.4) is 0 Å². The number of alkyl halides is 14. The van der Waals surface area contributed by atoms with Gasteiger partial charge in [0.25, 0.3) is 0 Å². The average Bonchev–Trinajstić information content (AvgIpc) is 2.43. The van der Waals surface area contributed by atoms with Crippen LogP contribution in [0, 0.1) is 0 Å². The molecule has 1 aliphatic rings. The quantitative estimate of drug-likeness (QED) is 0.228. The molecule has 0 heterocycles. The number of hydrogen-bond acceptors (Lipinski definition) is 0. The van der Waals surface area contributed by atoms with Crippen LogP contribution < -0.4 is 0 Å². The Hall–Kier alpha value is -0.812. The summed E-state index contributed by atoms with van der Waals surface area (Å²) in [7, 11) is 0. The summed E-state index contributed by atoms with van der Waals surface area (Å²) in [4.78, 5) is 0. The molecular formula is C14H10F14Pt. The number of rotatable bonds is 4. The molecule has 0 aromatic carbocycles. The molecule has 29 heavy (non-hydrogen) atoms. The van der Waals surface area contributed by atoms with E-state index < -0.39 is 72.9 Å². The minimum Gasteiger partial charge on any atom is -0.194 e. The summed E-state index contributed by atoms with van der Waals surface area (Å²) in [6.45, 7) is 0. The van der Waals surface area contributed by atoms with Crippen LogP contribution >= 0.6 is 0 Å². The summed E-state index contributed by atoms with van der Waals surface area (Å²) >= 11 is 0. The molecule has 0 saturated heterocycles. The van der Waals surface area contributed by atoms with Crippen molar-refractivity contribution < 1.29 is 82.5 Å². The molecule has 1 rings (SSSR count). The summed E-state index contributed by atoms with van der Waals surface area (Å²) in [6, 6.07) is 0. The van der Waals surface area contributed by atoms with Crippen molar-refractivity contribution in [1.82, 2.24) is 0 Å². The fourth-order valence-corrected chi connectivity index (χ4v) is 2.42. The van der Waals surface area contributed by atoms with Gasteiger partial charge in [0.1, 0.15) is 0 Å². The van der Waals surface area contributed by atoms with E-state index in [1.807, 2.05) is 0 Å². The number of hydrogen-bond donors (Lipinski definition) is 0. The van der Waals surface area contributed by atoms with Crippen molar-refractivity contribution in [2.24, 2.45) is 0 Å². The third-order valence-corrected chi connectivity index (χ3v) is 3.91. The van der Waals surface area contributed by atoms with Gasteiger partial charge in [-0.15, -0.1) is 0 Å². The third-order valence-electron chi connectivity index (χ3n) is 3.91. The van der Waals surface area contributed by atoms with Gasteiger partial charge in [-0.1, -0.05) is 12.2 Å². The molecule has 0 atom stereocenters. The maximum Gasteiger partial charge on any atom is 0.460 e. The van der Waals surface area contributed by atoms with E-state index in [-0.39, 0.29) is 21.1 Å². The molecule has 0 N–H and O–H groups in total. The Morgan fingerprint density at radius 3 is 0.931 bits per heavy atom. The summed E-state index contributed by atoms with van der Waals surface area (Å²) in [5.74, 6) is -27.0. The van der Waals surface area contributed by atoms with Gasteiger partial charge in [-0.2, -0.15) is 61.5 Å². The molecule has 0 bridgehead atoms. The average molecular weight is 639 g/mol. The van der Waals surface area contributed by atoms with E-state index in [0.717, 1.165) is 12.2 Å². The maximum atomic E-state index is 14.0. The van der Waals surface area contributed by atoms with Gasteiger partial charge in [-0.3, -0.25) is 0 Å². The molecule has 0 amide bonds. The Morgan fingerprint density at radius 2 is 0.724 bits per heavy atom. The Balaban J connectivity index is 0.00000784. The first-order valence-corrected chi connectivity index (χ1v) is 7.25. The SMILES string of the molecule is FC(F)(F)C(F)(F)C(F)(F)/C1=C(\C(F)(F)C(F)(F)C(F)(F)F)CC/C=C\CC1.[Pt]. The minimum atomic E-state index is -6.99. The molecular weight excluding hydrogens is 629 g/mol. The molecule has 0 fully saturated rings. The fourth-order valence-electron chi connectivity index (χ4n) is 2.42. The van der Waals surface area contributed by atoms with Crippen LogP contribution in [0.25, 0.3) is 0 Å². The number of halogens is 14. The second-order valence-electron chi connectivity index (χ2n) is 5.80. The first-order valence-electron chi connectivity index (χ1n) is 7.25. The normalized spacial score (nSPS) is 21.9. The Labute approximate surface area is 168 Å². The zero-order valence-corrected chi connectivity index (χ0v) is 15.9. The van der Waals surface area contributed by atoms with Crippen molar-refractivity contribution in [1.29, 1.82) is 0 Å². The van der Waals surface area contributed by atoms with E-state index in [1.54, 1.807) is 0 Å². The van der Waals surface area contributed by atoms with Crippen molar-refractivity contribution in [3.05, 3.63) is 23.3 Å². The molecule has 0 spiro atoms. The fraction of sp³-hybridized carbons (Fsp3) is 0.714. The van der Waals surface area contributed by atoms with Crippen LogP contribution in [0.5, 0.6) is 0 Å². The topological polar surface area (TPSA) is 0 Å². The minimum absolute atomic E-state index is 0. The Kier molecular flexibility index (Phi) is 8.14. The van der Waals surface area contributed by atoms with E-state index in [2.05, 4.69) is 0 Å². The van der Waals surface area contributed by atoms with Gasteiger partial charge in [0, 0.05) is 32.2 Å². The maximum absolute atomic E-state index is 14.0. The monoisotopic (exact) mass is 639 g/mol. The van der Waals surface area contributed by atoms with Crippen molar-refractivity contribution in [3.63, 3.8) is 0 Å². The number of allylic oxidation sites excluding steroid dienone is 4. The van der Waals surface area contributed by atoms with Crippen LogP contribution in [0.2, 0.25) is 0 Å². The van der Waals surface area contributed by atoms with Gasteiger partial charge >= 0.3 is 36.0 Å². The Bertz CT molecular complexity index is 584. The zero-order chi connectivity index (χ0) is 22.4. The molecule has 174 valence electrons. The van der Waals surface area contributed by atoms with E-state index in [0.29, 0.717) is 0 Å². The molecule has 0 aliphatic heterocycles. The van der Waals surface area contributed by atoms with Crippen molar-refractivity contribution in [2.45, 2.75) is 61.7 Å². The van der Waals surface area contributed by atoms with E-state index in [9.17, 15) is 61.5 Å². The molecule has 1 aliphatic carbocycles. The molecule has 0 nitrogen and oxygen atoms in total. The van der Waals surface area contributed by atoms with Crippen LogP contribution in [-0.2, 0) is 21.1 Å². The van der Waals surface area contributed by atoms with Crippen molar-refractivity contribution in [3.8, 4) is 0 Å². The van der Waals surface area contributed by atoms with Crippen LogP contribution in [0.1, 0.15) is 25.7 Å². The largest absolute Gasteiger partial charge is 0.460 e. The zero-order valence-electron chi connectivity index (χ0n) is 13.6. The first kappa shape index (κ1) is 28.2. The predicted octanol–water partition coefficient (Wildman–Crippen LogP) is 7.08. The molecule has 0 unspecified atom stereocenters. The van der Waals surface area contributed by atoms with Gasteiger partial charge in [0.05, 0.1) is 0 Å². The van der Waals surface area contributed by atoms with Crippen molar-refractivity contribution in [2.75, 3.05) is 0 Å². The van der Waals surface area contributed by atoms with Gasteiger partial charge in [0.2, 0.25) is 0 Å². The van der Waals surface area contributed by atoms with E-state index in [4.69, 9.17) is 0 Å².